The van der Waals surface area contributed by atoms with Gasteiger partial charge in [0.05, 0.1) is 0 Å². The highest BCUT2D eigenvalue weighted by atomic mass is 16.5. The van der Waals surface area contributed by atoms with Crippen molar-refractivity contribution in [3.05, 3.63) is 29.8 Å². The van der Waals surface area contributed by atoms with Crippen molar-refractivity contribution in [1.82, 2.24) is 10.6 Å². The highest BCUT2D eigenvalue weighted by molar-refractivity contribution is 5.97. The molecule has 21 heavy (non-hydrogen) atoms. The minimum Gasteiger partial charge on any atom is -0.507 e. The summed E-state index contributed by atoms with van der Waals surface area (Å²) in [5.74, 6) is -1.85. The van der Waals surface area contributed by atoms with Gasteiger partial charge in [-0.15, -0.1) is 0 Å². The zero-order valence-electron chi connectivity index (χ0n) is 12.1. The van der Waals surface area contributed by atoms with Crippen molar-refractivity contribution in [2.24, 2.45) is 0 Å². The van der Waals surface area contributed by atoms with Crippen LogP contribution in [-0.4, -0.2) is 35.2 Å². The Morgan fingerprint density at radius 2 is 1.81 bits per heavy atom. The Balaban J connectivity index is 2.45. The predicted octanol–water partition coefficient (Wildman–Crippen LogP) is 1.17. The first-order valence-electron chi connectivity index (χ1n) is 6.26. The molecular formula is C14H18N2O5. The van der Waals surface area contributed by atoms with E-state index in [9.17, 15) is 19.5 Å². The van der Waals surface area contributed by atoms with E-state index in [1.807, 2.05) is 5.32 Å². The molecular weight excluding hydrogens is 276 g/mol. The third-order valence-corrected chi connectivity index (χ3v) is 2.20. The maximum absolute atomic E-state index is 11.6. The molecule has 0 atom stereocenters. The molecule has 114 valence electrons. The maximum atomic E-state index is 11.6. The summed E-state index contributed by atoms with van der Waals surface area (Å²) >= 11 is 0. The fourth-order valence-electron chi connectivity index (χ4n) is 1.39. The van der Waals surface area contributed by atoms with E-state index < -0.39 is 30.1 Å². The van der Waals surface area contributed by atoms with Crippen LogP contribution in [0.25, 0.3) is 0 Å². The monoisotopic (exact) mass is 294 g/mol. The molecule has 7 heteroatoms. The number of hydrogen-bond donors (Lipinski definition) is 3. The number of esters is 1. The average Bonchev–Trinajstić information content (AvgIpc) is 2.34. The number of nitrogens with one attached hydrogen (secondary N) is 2. The van der Waals surface area contributed by atoms with Gasteiger partial charge in [0.1, 0.15) is 11.3 Å². The summed E-state index contributed by atoms with van der Waals surface area (Å²) in [6.45, 7) is 4.66. The number of amides is 3. The highest BCUT2D eigenvalue weighted by Crippen LogP contribution is 2.16. The number of carbonyl (C=O) groups excluding carboxylic acids is 3. The van der Waals surface area contributed by atoms with E-state index in [4.69, 9.17) is 4.74 Å². The van der Waals surface area contributed by atoms with Crippen LogP contribution in [0.5, 0.6) is 5.75 Å². The third-order valence-electron chi connectivity index (χ3n) is 2.20. The molecule has 0 spiro atoms. The molecule has 0 aliphatic carbocycles. The lowest BCUT2D eigenvalue weighted by Gasteiger charge is -2.20. The third kappa shape index (κ3) is 5.94. The van der Waals surface area contributed by atoms with Gasteiger partial charge in [0.15, 0.2) is 6.61 Å². The van der Waals surface area contributed by atoms with Crippen molar-refractivity contribution < 1.29 is 24.2 Å². The molecule has 3 N–H and O–H groups in total. The van der Waals surface area contributed by atoms with Gasteiger partial charge in [-0.1, -0.05) is 12.1 Å². The van der Waals surface area contributed by atoms with Crippen LogP contribution >= 0.6 is 0 Å². The van der Waals surface area contributed by atoms with Gasteiger partial charge in [-0.25, -0.2) is 9.59 Å². The van der Waals surface area contributed by atoms with Gasteiger partial charge in [0.2, 0.25) is 0 Å². The molecule has 0 aliphatic rings. The number of urea groups is 1. The molecule has 0 aliphatic heterocycles. The minimum absolute atomic E-state index is 0.0514. The molecule has 0 radical (unpaired) electrons. The van der Waals surface area contributed by atoms with Crippen molar-refractivity contribution in [3.63, 3.8) is 0 Å². The number of para-hydroxylation sites is 1. The Morgan fingerprint density at radius 1 is 1.19 bits per heavy atom. The second kappa shape index (κ2) is 6.74. The van der Waals surface area contributed by atoms with Crippen LogP contribution < -0.4 is 10.6 Å². The molecule has 0 bridgehead atoms. The molecule has 3 amide bonds. The molecule has 1 aromatic rings. The Labute approximate surface area is 122 Å². The first-order chi connectivity index (χ1) is 9.69. The van der Waals surface area contributed by atoms with Crippen LogP contribution in [-0.2, 0) is 9.53 Å². The Bertz CT molecular complexity index is 549. The number of phenolic OH excluding ortho intramolecular Hbond substituents is 1. The van der Waals surface area contributed by atoms with Crippen molar-refractivity contribution in [2.75, 3.05) is 6.61 Å². The number of ether oxygens (including phenoxy) is 1. The molecule has 0 aromatic heterocycles. The lowest BCUT2D eigenvalue weighted by molar-refractivity contribution is -0.123. The predicted molar refractivity (Wildman–Crippen MR) is 74.8 cm³/mol. The first kappa shape index (κ1) is 16.5. The second-order valence-electron chi connectivity index (χ2n) is 5.35. The lowest BCUT2D eigenvalue weighted by Crippen LogP contribution is -2.49. The summed E-state index contributed by atoms with van der Waals surface area (Å²) in [5.41, 5.74) is -0.541. The number of aromatic hydroxyl groups is 1. The minimum atomic E-state index is -0.848. The van der Waals surface area contributed by atoms with Gasteiger partial charge < -0.3 is 15.2 Å². The fourth-order valence-corrected chi connectivity index (χ4v) is 1.39. The van der Waals surface area contributed by atoms with Crippen molar-refractivity contribution >= 4 is 17.9 Å². The van der Waals surface area contributed by atoms with Gasteiger partial charge >= 0.3 is 12.0 Å². The normalized spacial score (nSPS) is 10.6. The number of benzene rings is 1. The standard InChI is InChI=1S/C14H18N2O5/c1-14(2,3)16-13(20)15-11(18)8-21-12(19)9-6-4-5-7-10(9)17/h4-7,17H,8H2,1-3H3,(H2,15,16,18,20). The van der Waals surface area contributed by atoms with Crippen LogP contribution in [0.4, 0.5) is 4.79 Å². The molecule has 1 aromatic carbocycles. The summed E-state index contributed by atoms with van der Waals surface area (Å²) in [6.07, 6.45) is 0. The molecule has 0 unspecified atom stereocenters. The SMILES string of the molecule is CC(C)(C)NC(=O)NC(=O)COC(=O)c1ccccc1O. The summed E-state index contributed by atoms with van der Waals surface area (Å²) < 4.78 is 4.71. The summed E-state index contributed by atoms with van der Waals surface area (Å²) in [5, 5.41) is 14.0. The maximum Gasteiger partial charge on any atom is 0.342 e. The van der Waals surface area contributed by atoms with Crippen LogP contribution in [0.1, 0.15) is 31.1 Å². The van der Waals surface area contributed by atoms with Crippen molar-refractivity contribution in [1.29, 1.82) is 0 Å². The van der Waals surface area contributed by atoms with Crippen LogP contribution in [0, 0.1) is 0 Å². The molecule has 0 saturated carbocycles. The largest absolute Gasteiger partial charge is 0.507 e. The quantitative estimate of drug-likeness (QED) is 0.726. The van der Waals surface area contributed by atoms with Crippen molar-refractivity contribution in [2.45, 2.75) is 26.3 Å². The van der Waals surface area contributed by atoms with E-state index in [-0.39, 0.29) is 11.3 Å². The van der Waals surface area contributed by atoms with Gasteiger partial charge in [-0.05, 0) is 32.9 Å². The Morgan fingerprint density at radius 3 is 2.38 bits per heavy atom. The zero-order chi connectivity index (χ0) is 16.0. The van der Waals surface area contributed by atoms with Crippen LogP contribution in [0.15, 0.2) is 24.3 Å². The summed E-state index contributed by atoms with van der Waals surface area (Å²) in [7, 11) is 0. The zero-order valence-corrected chi connectivity index (χ0v) is 12.1. The molecule has 0 heterocycles. The van der Waals surface area contributed by atoms with Crippen molar-refractivity contribution in [3.8, 4) is 5.75 Å². The summed E-state index contributed by atoms with van der Waals surface area (Å²) in [6, 6.07) is 5.11. The summed E-state index contributed by atoms with van der Waals surface area (Å²) in [4.78, 5) is 34.5. The number of hydrogen-bond acceptors (Lipinski definition) is 5. The molecule has 7 nitrogen and oxygen atoms in total. The second-order valence-corrected chi connectivity index (χ2v) is 5.35. The van der Waals surface area contributed by atoms with Gasteiger partial charge in [-0.2, -0.15) is 0 Å². The van der Waals surface area contributed by atoms with Gasteiger partial charge in [0.25, 0.3) is 5.91 Å². The number of imide groups is 1. The number of rotatable bonds is 3. The number of carbonyl (C=O) groups is 3. The van der Waals surface area contributed by atoms with E-state index in [0.717, 1.165) is 0 Å². The van der Waals surface area contributed by atoms with Crippen LogP contribution in [0.3, 0.4) is 0 Å². The molecule has 0 fully saturated rings. The smallest absolute Gasteiger partial charge is 0.342 e. The highest BCUT2D eigenvalue weighted by Gasteiger charge is 2.17. The molecule has 1 rings (SSSR count). The van der Waals surface area contributed by atoms with E-state index in [2.05, 4.69) is 5.32 Å². The van der Waals surface area contributed by atoms with Crippen LogP contribution in [0.2, 0.25) is 0 Å². The van der Waals surface area contributed by atoms with E-state index in [1.54, 1.807) is 32.9 Å². The lowest BCUT2D eigenvalue weighted by atomic mass is 10.1. The first-order valence-corrected chi connectivity index (χ1v) is 6.26. The van der Waals surface area contributed by atoms with E-state index in [0.29, 0.717) is 0 Å². The Kier molecular flexibility index (Phi) is 5.29. The average molecular weight is 294 g/mol. The van der Waals surface area contributed by atoms with E-state index >= 15 is 0 Å². The molecule has 0 saturated heterocycles. The fraction of sp³-hybridized carbons (Fsp3) is 0.357. The van der Waals surface area contributed by atoms with Gasteiger partial charge in [0, 0.05) is 5.54 Å². The Hall–Kier alpha value is -2.57. The topological polar surface area (TPSA) is 105 Å². The van der Waals surface area contributed by atoms with Gasteiger partial charge in [-0.3, -0.25) is 10.1 Å². The number of phenols is 1. The van der Waals surface area contributed by atoms with E-state index in [1.165, 1.54) is 12.1 Å².